The maximum Gasteiger partial charge on any atom is 0.0920 e. The van der Waals surface area contributed by atoms with Crippen LogP contribution in [0.5, 0.6) is 0 Å². The molecule has 0 saturated carbocycles. The molecule has 1 aliphatic rings. The van der Waals surface area contributed by atoms with Crippen molar-refractivity contribution in [2.75, 3.05) is 0 Å². The molecule has 1 aliphatic heterocycles. The van der Waals surface area contributed by atoms with Gasteiger partial charge in [-0.25, -0.2) is 0 Å². The van der Waals surface area contributed by atoms with Crippen LogP contribution < -0.4 is 20.7 Å². The summed E-state index contributed by atoms with van der Waals surface area (Å²) in [6.07, 6.45) is 4.81. The Morgan fingerprint density at radius 1 is 0.800 bits per heavy atom. The maximum atomic E-state index is 4.93. The van der Waals surface area contributed by atoms with Crippen LogP contribution in [0.25, 0.3) is 33.0 Å². The second-order valence-corrected chi connectivity index (χ2v) is 29.1. The van der Waals surface area contributed by atoms with E-state index in [0.717, 1.165) is 15.9 Å². The molecule has 0 spiro atoms. The first-order valence-corrected chi connectivity index (χ1v) is 30.4. The molecule has 6 rings (SSSR count). The van der Waals surface area contributed by atoms with Crippen molar-refractivity contribution in [1.82, 2.24) is 0 Å². The fraction of sp³-hybridized carbons (Fsp3) is 0.308. The standard InChI is InChI=1S/C27H39Si2.C12H7Si.2ClH.Zr/c1-9-11-12-20-15-22-14-13-21(10-2)27(26(22)16-20)23-17-24(28(3,4)5)19-25(18-23)29(6,7)8;1-3-7-11-9(5-1)10-6-2-4-8-12(10)13-11;;;/h13-19H,9-12H2,1-8H3;1-7H;2*1H;/q2*-1;;;+4/p-2. The van der Waals surface area contributed by atoms with Crippen LogP contribution in [-0.2, 0) is 33.7 Å². The summed E-state index contributed by atoms with van der Waals surface area (Å²) in [6.45, 7) is 19.5. The van der Waals surface area contributed by atoms with E-state index in [1.807, 2.05) is 6.07 Å². The minimum Gasteiger partial charge on any atom is -0.184 e. The molecule has 232 valence electrons. The first kappa shape index (κ1) is 36.4. The Morgan fingerprint density at radius 3 is 2.07 bits per heavy atom. The molecule has 0 aliphatic carbocycles. The molecule has 0 nitrogen and oxygen atoms in total. The smallest absolute Gasteiger partial charge is 0.0920 e. The average Bonchev–Trinajstić information content (AvgIpc) is 3.60. The Bertz CT molecular complexity index is 1650. The number of hydrogen-bond donors (Lipinski definition) is 0. The van der Waals surface area contributed by atoms with E-state index >= 15 is 0 Å². The molecule has 5 aromatic rings. The van der Waals surface area contributed by atoms with E-state index in [2.05, 4.69) is 138 Å². The number of benzene rings is 4. The van der Waals surface area contributed by atoms with Gasteiger partial charge in [-0.1, -0.05) is 141 Å². The van der Waals surface area contributed by atoms with Gasteiger partial charge in [0.05, 0.1) is 25.7 Å². The molecule has 0 aromatic heterocycles. The third-order valence-electron chi connectivity index (χ3n) is 8.52. The second kappa shape index (κ2) is 16.1. The van der Waals surface area contributed by atoms with Crippen LogP contribution in [0.4, 0.5) is 0 Å². The molecular weight excluding hydrogens is 715 g/mol. The molecule has 0 N–H and O–H groups in total. The molecule has 0 saturated heterocycles. The molecule has 1 heterocycles. The van der Waals surface area contributed by atoms with Crippen LogP contribution in [0, 0.1) is 6.07 Å². The Kier molecular flexibility index (Phi) is 13.1. The third-order valence-corrected chi connectivity index (χ3v) is 13.9. The van der Waals surface area contributed by atoms with Crippen molar-refractivity contribution < 1.29 is 20.8 Å². The van der Waals surface area contributed by atoms with Gasteiger partial charge in [-0.15, -0.1) is 40.1 Å². The van der Waals surface area contributed by atoms with Crippen molar-refractivity contribution in [2.45, 2.75) is 78.8 Å². The van der Waals surface area contributed by atoms with Crippen LogP contribution >= 0.6 is 17.0 Å². The van der Waals surface area contributed by atoms with Crippen LogP contribution in [0.1, 0.15) is 37.8 Å². The van der Waals surface area contributed by atoms with Crippen LogP contribution in [-0.4, -0.2) is 25.7 Å². The van der Waals surface area contributed by atoms with Gasteiger partial charge in [0.1, 0.15) is 0 Å². The van der Waals surface area contributed by atoms with Crippen molar-refractivity contribution in [3.05, 3.63) is 102 Å². The van der Waals surface area contributed by atoms with Gasteiger partial charge in [0, 0.05) is 0 Å². The molecule has 0 atom stereocenters. The summed E-state index contributed by atoms with van der Waals surface area (Å²) in [5.74, 6) is 0. The average molecular weight is 761 g/mol. The van der Waals surface area contributed by atoms with Crippen molar-refractivity contribution in [3.63, 3.8) is 0 Å². The predicted octanol–water partition coefficient (Wildman–Crippen LogP) is 9.72. The van der Waals surface area contributed by atoms with E-state index in [1.54, 1.807) is 10.4 Å². The molecule has 0 unspecified atom stereocenters. The van der Waals surface area contributed by atoms with Gasteiger partial charge in [-0.3, -0.25) is 0 Å². The zero-order chi connectivity index (χ0) is 32.8. The van der Waals surface area contributed by atoms with E-state index in [0.29, 0.717) is 0 Å². The monoisotopic (exact) mass is 758 g/mol. The summed E-state index contributed by atoms with van der Waals surface area (Å²) in [5, 5.41) is 8.90. The molecule has 2 radical (unpaired) electrons. The van der Waals surface area contributed by atoms with Gasteiger partial charge >= 0.3 is 37.9 Å². The van der Waals surface area contributed by atoms with Crippen LogP contribution in [0.15, 0.2) is 84.9 Å². The summed E-state index contributed by atoms with van der Waals surface area (Å²) in [4.78, 5) is 0. The maximum absolute atomic E-state index is 4.93. The van der Waals surface area contributed by atoms with Gasteiger partial charge in [0.15, 0.2) is 0 Å². The molecule has 5 aromatic carbocycles. The van der Waals surface area contributed by atoms with E-state index < -0.39 is 37.0 Å². The number of halogens is 2. The molecule has 0 bridgehead atoms. The summed E-state index contributed by atoms with van der Waals surface area (Å²) in [6, 6.07) is 35.4. The molecule has 0 amide bonds. The Morgan fingerprint density at radius 2 is 1.44 bits per heavy atom. The van der Waals surface area contributed by atoms with Crippen molar-refractivity contribution in [3.8, 4) is 22.3 Å². The van der Waals surface area contributed by atoms with E-state index in [1.165, 1.54) is 73.8 Å². The minimum absolute atomic E-state index is 0.795. The van der Waals surface area contributed by atoms with Crippen LogP contribution in [0.2, 0.25) is 39.3 Å². The van der Waals surface area contributed by atoms with Crippen molar-refractivity contribution >= 4 is 74.2 Å². The second-order valence-electron chi connectivity index (χ2n) is 13.9. The minimum atomic E-state index is -1.39. The Labute approximate surface area is 295 Å². The summed E-state index contributed by atoms with van der Waals surface area (Å²) in [7, 11) is 7.88. The number of fused-ring (bicyclic) bond motifs is 4. The van der Waals surface area contributed by atoms with E-state index in [9.17, 15) is 0 Å². The summed E-state index contributed by atoms with van der Waals surface area (Å²) < 4.78 is 0. The topological polar surface area (TPSA) is 0 Å². The van der Waals surface area contributed by atoms with Gasteiger partial charge in [-0.2, -0.15) is 35.5 Å². The fourth-order valence-electron chi connectivity index (χ4n) is 5.91. The van der Waals surface area contributed by atoms with Gasteiger partial charge in [0.2, 0.25) is 0 Å². The predicted molar refractivity (Wildman–Crippen MR) is 206 cm³/mol. The molecule has 6 heteroatoms. The quantitative estimate of drug-likeness (QED) is 0.112. The van der Waals surface area contributed by atoms with Crippen molar-refractivity contribution in [1.29, 1.82) is 0 Å². The van der Waals surface area contributed by atoms with Crippen LogP contribution in [0.3, 0.4) is 0 Å². The Hall–Kier alpha value is -1.40. The molecule has 0 fully saturated rings. The van der Waals surface area contributed by atoms with E-state index in [4.69, 9.17) is 17.0 Å². The number of rotatable bonds is 7. The fourth-order valence-corrected chi connectivity index (χ4v) is 9.72. The van der Waals surface area contributed by atoms with Gasteiger partial charge in [0.25, 0.3) is 0 Å². The largest absolute Gasteiger partial charge is 0.184 e. The normalized spacial score (nSPS) is 12.0. The molecular formula is C39H46Cl2Si3Zr. The van der Waals surface area contributed by atoms with E-state index in [-0.39, 0.29) is 0 Å². The number of unbranched alkanes of at least 4 members (excludes halogenated alkanes) is 1. The summed E-state index contributed by atoms with van der Waals surface area (Å²) >= 11 is -0.826. The first-order chi connectivity index (χ1) is 21.4. The number of aryl methyl sites for hydroxylation is 2. The third kappa shape index (κ3) is 9.15. The number of hydrogen-bond acceptors (Lipinski definition) is 0. The Balaban J connectivity index is 0.000000236. The summed E-state index contributed by atoms with van der Waals surface area (Å²) in [5.41, 5.74) is 8.71. The van der Waals surface area contributed by atoms with Gasteiger partial charge in [-0.05, 0) is 18.4 Å². The van der Waals surface area contributed by atoms with Crippen molar-refractivity contribution in [2.24, 2.45) is 0 Å². The zero-order valence-electron chi connectivity index (χ0n) is 28.2. The van der Waals surface area contributed by atoms with Gasteiger partial charge < -0.3 is 0 Å². The first-order valence-electron chi connectivity index (χ1n) is 16.1. The molecule has 45 heavy (non-hydrogen) atoms. The SMILES string of the molecule is CCCCc1cc2c(-c3cc([Si](C)(C)C)cc([Si](C)(C)C)c3)c(CC)ccc2[cH-]1.[Cl][Zr+2][Cl].[c-]1cccc2c1[Si]c1ccccc1-2. The zero-order valence-corrected chi connectivity index (χ0v) is 35.1.